The zero-order valence-electron chi connectivity index (χ0n) is 36.7. The molecule has 7 rings (SSSR count). The first kappa shape index (κ1) is 22.3. The molecule has 3 heterocycles. The summed E-state index contributed by atoms with van der Waals surface area (Å²) in [6.07, 6.45) is 2.58. The van der Waals surface area contributed by atoms with Gasteiger partial charge in [-0.25, -0.2) is 0 Å². The van der Waals surface area contributed by atoms with Crippen LogP contribution in [0.15, 0.2) is 108 Å². The number of hydrogen-bond acceptors (Lipinski definition) is 4. The van der Waals surface area contributed by atoms with Gasteiger partial charge in [0.25, 0.3) is 0 Å². The van der Waals surface area contributed by atoms with Gasteiger partial charge >= 0.3 is 184 Å². The van der Waals surface area contributed by atoms with Crippen LogP contribution in [0.1, 0.15) is 37.3 Å². The van der Waals surface area contributed by atoms with Gasteiger partial charge in [0.1, 0.15) is 0 Å². The van der Waals surface area contributed by atoms with Crippen LogP contribution in [0.4, 0.5) is 0 Å². The van der Waals surface area contributed by atoms with Crippen molar-refractivity contribution in [1.29, 1.82) is 5.26 Å². The molecule has 1 radical (unpaired) electrons. The number of benzene rings is 4. The maximum Gasteiger partial charge on any atom is 0 e. The van der Waals surface area contributed by atoms with Crippen LogP contribution in [-0.2, 0) is 20.1 Å². The number of furan rings is 1. The first-order chi connectivity index (χ1) is 26.6. The van der Waals surface area contributed by atoms with Gasteiger partial charge in [0, 0.05) is 30.4 Å². The quantitative estimate of drug-likeness (QED) is 0.131. The van der Waals surface area contributed by atoms with E-state index in [0.717, 1.165) is 15.7 Å². The summed E-state index contributed by atoms with van der Waals surface area (Å²) in [6, 6.07) is 30.1. The maximum atomic E-state index is 9.35. The Morgan fingerprint density at radius 3 is 2.38 bits per heavy atom. The Morgan fingerprint density at radius 2 is 1.68 bits per heavy atom. The molecule has 3 aromatic heterocycles. The Kier molecular flexibility index (Phi) is 6.73. The summed E-state index contributed by atoms with van der Waals surface area (Å²) in [5.41, 5.74) is 3.06. The van der Waals surface area contributed by atoms with Crippen LogP contribution >= 0.6 is 0 Å². The molecular weight excluding hydrogens is 815 g/mol. The van der Waals surface area contributed by atoms with Crippen LogP contribution in [-0.4, -0.2) is 23.2 Å². The first-order valence-corrected chi connectivity index (χ1v) is 21.8. The summed E-state index contributed by atoms with van der Waals surface area (Å²) in [4.78, 5) is 8.54. The van der Waals surface area contributed by atoms with Gasteiger partial charge in [-0.2, -0.15) is 5.26 Å². The summed E-state index contributed by atoms with van der Waals surface area (Å²) < 4.78 is 95.2. The van der Waals surface area contributed by atoms with Crippen molar-refractivity contribution in [3.8, 4) is 39.7 Å². The fourth-order valence-corrected chi connectivity index (χ4v) is 7.26. The number of nitriles is 1. The molecule has 7 aromatic rings. The molecule has 6 heteroatoms. The average Bonchev–Trinajstić information content (AvgIpc) is 3.53. The van der Waals surface area contributed by atoms with Crippen LogP contribution in [0.25, 0.3) is 55.6 Å². The minimum absolute atomic E-state index is 0. The number of hydrogen-bond donors (Lipinski definition) is 0. The third kappa shape index (κ3) is 7.31. The van der Waals surface area contributed by atoms with Gasteiger partial charge in [-0.05, 0) is 24.2 Å². The molecule has 4 nitrogen and oxygen atoms in total. The van der Waals surface area contributed by atoms with E-state index < -0.39 is 33.8 Å². The Hall–Kier alpha value is -4.34. The van der Waals surface area contributed by atoms with Crippen LogP contribution in [0.2, 0.25) is 17.3 Å². The number of fused-ring (bicyclic) bond motifs is 3. The third-order valence-corrected chi connectivity index (χ3v) is 11.7. The molecule has 0 saturated heterocycles. The van der Waals surface area contributed by atoms with E-state index in [1.165, 1.54) is 18.5 Å². The smallest absolute Gasteiger partial charge is 0 e. The Balaban J connectivity index is 0.000000315. The molecule has 0 unspecified atom stereocenters. The maximum absolute atomic E-state index is 9.35. The van der Waals surface area contributed by atoms with Crippen molar-refractivity contribution in [1.82, 2.24) is 9.97 Å². The summed E-state index contributed by atoms with van der Waals surface area (Å²) in [5.74, 6) is 6.30. The molecule has 4 aromatic carbocycles. The Morgan fingerprint density at radius 1 is 0.830 bits per heavy atom. The largest absolute Gasteiger partial charge is 0 e. The van der Waals surface area contributed by atoms with Gasteiger partial charge < -0.3 is 4.98 Å². The van der Waals surface area contributed by atoms with Crippen molar-refractivity contribution in [2.45, 2.75) is 37.8 Å². The molecule has 0 saturated carbocycles. The van der Waals surface area contributed by atoms with Crippen LogP contribution < -0.4 is 4.40 Å². The number of pyridine rings is 2. The van der Waals surface area contributed by atoms with Gasteiger partial charge in [0.05, 0.1) is 13.0 Å². The summed E-state index contributed by atoms with van der Waals surface area (Å²) in [7, 11) is 0. The van der Waals surface area contributed by atoms with Crippen molar-refractivity contribution < 1.29 is 39.6 Å². The molecule has 0 N–H and O–H groups in total. The molecule has 235 valence electrons. The Labute approximate surface area is 308 Å². The fourth-order valence-electron chi connectivity index (χ4n) is 4.98. The van der Waals surface area contributed by atoms with Gasteiger partial charge in [0.2, 0.25) is 0 Å². The van der Waals surface area contributed by atoms with E-state index in [9.17, 15) is 5.26 Å². The SMILES string of the molecule is [2H]C([2H])([2H])c1ccc(-c2[c-]cccc2)nc1.[2H]c1c[c]([Ge]([CH3])([CH3])[CH3])cc(C([2H])([2H])[2H])c1-c1cc(-c2[c-]ccc3c2oc2c([2H])c(C#N)ccc23)ncc1C([2H])([2H])[2H].[Ir]. The number of aromatic nitrogens is 2. The molecule has 0 bridgehead atoms. The van der Waals surface area contributed by atoms with Crippen molar-refractivity contribution in [2.75, 3.05) is 0 Å². The number of rotatable bonds is 4. The van der Waals surface area contributed by atoms with E-state index in [-0.39, 0.29) is 76.8 Å². The van der Waals surface area contributed by atoms with E-state index in [4.69, 9.17) is 19.5 Å². The standard InChI is InChI=1S/C29H25GeN2O.C12H10N.Ir/c1-18-13-21(30(3,4)5)10-12-22(18)26-15-27(32-17-19(26)2)25-8-6-7-24-23-11-9-20(16-31)14-28(23)33-29(24)25;1-10-7-8-12(13-9-10)11-5-3-2-4-6-11;/h6-7,9-15,17H,1-5H3;2-5,7-9H,1H3;/q2*-1;/i1D3,2D3,12D,14D;1D3;. The molecule has 0 spiro atoms. The van der Waals surface area contributed by atoms with E-state index >= 15 is 0 Å². The second kappa shape index (κ2) is 14.2. The zero-order chi connectivity index (χ0) is 41.7. The van der Waals surface area contributed by atoms with Crippen molar-refractivity contribution in [3.05, 3.63) is 138 Å². The van der Waals surface area contributed by atoms with E-state index in [2.05, 4.69) is 39.4 Å². The number of nitrogens with zero attached hydrogens (tertiary/aromatic N) is 3. The van der Waals surface area contributed by atoms with E-state index in [1.807, 2.05) is 24.3 Å². The molecule has 0 atom stereocenters. The van der Waals surface area contributed by atoms with Crippen molar-refractivity contribution >= 4 is 39.6 Å². The molecule has 47 heavy (non-hydrogen) atoms. The number of aryl methyl sites for hydroxylation is 3. The minimum atomic E-state index is -2.64. The summed E-state index contributed by atoms with van der Waals surface area (Å²) in [5, 5.41) is 10.6. The summed E-state index contributed by atoms with van der Waals surface area (Å²) in [6.45, 7) is -7.33. The molecule has 0 fully saturated rings. The molecule has 0 aliphatic rings. The van der Waals surface area contributed by atoms with Crippen molar-refractivity contribution in [2.24, 2.45) is 0 Å². The van der Waals surface area contributed by atoms with Crippen LogP contribution in [0.3, 0.4) is 0 Å². The summed E-state index contributed by atoms with van der Waals surface area (Å²) >= 11 is -2.57. The minimum Gasteiger partial charge on any atom is 0 e. The van der Waals surface area contributed by atoms with Crippen LogP contribution in [0.5, 0.6) is 0 Å². The topological polar surface area (TPSA) is 62.7 Å². The molecule has 0 aliphatic carbocycles. The second-order valence-corrected chi connectivity index (χ2v) is 22.3. The van der Waals surface area contributed by atoms with Gasteiger partial charge in [-0.15, -0.1) is 35.9 Å². The first-order valence-electron chi connectivity index (χ1n) is 20.0. The predicted molar refractivity (Wildman–Crippen MR) is 192 cm³/mol. The van der Waals surface area contributed by atoms with Crippen molar-refractivity contribution in [3.63, 3.8) is 0 Å². The molecule has 0 aliphatic heterocycles. The van der Waals surface area contributed by atoms with Gasteiger partial charge in [0.15, 0.2) is 0 Å². The van der Waals surface area contributed by atoms with E-state index in [1.54, 1.807) is 54.6 Å². The zero-order valence-corrected chi connectivity index (χ0v) is 30.2. The fraction of sp³-hybridized carbons (Fsp3) is 0.146. The van der Waals surface area contributed by atoms with Gasteiger partial charge in [-0.1, -0.05) is 12.1 Å². The molecule has 0 amide bonds. The van der Waals surface area contributed by atoms with Crippen LogP contribution in [0, 0.1) is 44.0 Å². The second-order valence-electron chi connectivity index (χ2n) is 11.7. The molecular formula is C41H35GeIrN3O-2. The normalized spacial score (nSPS) is 15.2. The Bertz CT molecular complexity index is 2660. The van der Waals surface area contributed by atoms with Gasteiger partial charge in [-0.3, -0.25) is 0 Å². The third-order valence-electron chi connectivity index (χ3n) is 7.46. The average molecular weight is 862 g/mol. The monoisotopic (exact) mass is 863 g/mol. The van der Waals surface area contributed by atoms with E-state index in [0.29, 0.717) is 21.9 Å². The predicted octanol–water partition coefficient (Wildman–Crippen LogP) is 10.0.